The highest BCUT2D eigenvalue weighted by molar-refractivity contribution is 5.46. The monoisotopic (exact) mass is 292 g/mol. The molecule has 0 spiro atoms. The molecule has 0 N–H and O–H groups in total. The average molecular weight is 292 g/mol. The lowest BCUT2D eigenvalue weighted by Crippen LogP contribution is -2.30. The molecule has 2 nitrogen and oxygen atoms in total. The summed E-state index contributed by atoms with van der Waals surface area (Å²) in [6, 6.07) is 7.02. The fourth-order valence-electron chi connectivity index (χ4n) is 3.10. The van der Waals surface area contributed by atoms with Crippen molar-refractivity contribution >= 4 is 5.69 Å². The summed E-state index contributed by atoms with van der Waals surface area (Å²) >= 11 is 0. The Hall–Kier alpha value is -1.09. The maximum atomic E-state index is 13.6. The molecule has 1 fully saturated rings. The summed E-state index contributed by atoms with van der Waals surface area (Å²) in [6.45, 7) is 4.81. The first-order valence-corrected chi connectivity index (χ1v) is 8.45. The van der Waals surface area contributed by atoms with Crippen LogP contribution in [0, 0.1) is 5.82 Å². The third-order valence-corrected chi connectivity index (χ3v) is 4.43. The van der Waals surface area contributed by atoms with E-state index in [2.05, 4.69) is 4.90 Å². The molecule has 0 aromatic heterocycles. The van der Waals surface area contributed by atoms with Gasteiger partial charge in [0.25, 0.3) is 0 Å². The normalized spacial score (nSPS) is 16.1. The Morgan fingerprint density at radius 3 is 2.48 bits per heavy atom. The molecule has 0 bridgehead atoms. The summed E-state index contributed by atoms with van der Waals surface area (Å²) in [5, 5.41) is 0. The van der Waals surface area contributed by atoms with Crippen molar-refractivity contribution in [3.05, 3.63) is 30.1 Å². The Bertz CT molecular complexity index is 402. The fourth-order valence-corrected chi connectivity index (χ4v) is 3.10. The molecule has 1 aromatic rings. The summed E-state index contributed by atoms with van der Waals surface area (Å²) in [4.78, 5) is 4.63. The third kappa shape index (κ3) is 5.66. The lowest BCUT2D eigenvalue weighted by Gasteiger charge is -2.26. The quantitative estimate of drug-likeness (QED) is 0.659. The van der Waals surface area contributed by atoms with Crippen molar-refractivity contribution in [1.29, 1.82) is 0 Å². The van der Waals surface area contributed by atoms with Gasteiger partial charge in [0.15, 0.2) is 0 Å². The highest BCUT2D eigenvalue weighted by Gasteiger charge is 2.09. The lowest BCUT2D eigenvalue weighted by molar-refractivity contribution is 0.224. The molecule has 21 heavy (non-hydrogen) atoms. The predicted molar refractivity (Wildman–Crippen MR) is 88.4 cm³/mol. The number of nitrogens with zero attached hydrogens (tertiary/aromatic N) is 2. The van der Waals surface area contributed by atoms with E-state index >= 15 is 0 Å². The van der Waals surface area contributed by atoms with E-state index in [1.165, 1.54) is 64.2 Å². The average Bonchev–Trinajstić information content (AvgIpc) is 2.52. The minimum Gasteiger partial charge on any atom is -0.372 e. The molecule has 0 saturated carbocycles. The van der Waals surface area contributed by atoms with Crippen molar-refractivity contribution in [1.82, 2.24) is 4.90 Å². The van der Waals surface area contributed by atoms with Gasteiger partial charge in [0, 0.05) is 13.6 Å². The minimum atomic E-state index is -0.120. The number of piperidine rings is 1. The van der Waals surface area contributed by atoms with Gasteiger partial charge in [-0.2, -0.15) is 0 Å². The number of halogens is 1. The molecule has 0 amide bonds. The van der Waals surface area contributed by atoms with Crippen molar-refractivity contribution in [2.24, 2.45) is 0 Å². The Morgan fingerprint density at radius 2 is 1.71 bits per heavy atom. The van der Waals surface area contributed by atoms with Crippen molar-refractivity contribution in [3.63, 3.8) is 0 Å². The van der Waals surface area contributed by atoms with Gasteiger partial charge in [0.05, 0.1) is 5.69 Å². The highest BCUT2D eigenvalue weighted by atomic mass is 19.1. The topological polar surface area (TPSA) is 6.48 Å². The Balaban J connectivity index is 1.54. The largest absolute Gasteiger partial charge is 0.372 e. The standard InChI is InChI=1S/C18H29FN2/c1-20(18-12-6-5-11-17(18)19)13-7-2-3-8-14-21-15-9-4-10-16-21/h5-6,11-12H,2-4,7-10,13-16H2,1H3. The van der Waals surface area contributed by atoms with Gasteiger partial charge in [-0.3, -0.25) is 0 Å². The van der Waals surface area contributed by atoms with Gasteiger partial charge in [0.2, 0.25) is 0 Å². The molecule has 1 saturated heterocycles. The zero-order valence-corrected chi connectivity index (χ0v) is 13.4. The van der Waals surface area contributed by atoms with E-state index in [1.54, 1.807) is 6.07 Å². The molecule has 1 heterocycles. The first kappa shape index (κ1) is 16.3. The van der Waals surface area contributed by atoms with Crippen LogP contribution in [0.1, 0.15) is 44.9 Å². The molecular formula is C18H29FN2. The zero-order chi connectivity index (χ0) is 14.9. The van der Waals surface area contributed by atoms with Gasteiger partial charge < -0.3 is 9.80 Å². The molecule has 0 aliphatic carbocycles. The number of unbranched alkanes of at least 4 members (excludes halogenated alkanes) is 3. The van der Waals surface area contributed by atoms with Crippen molar-refractivity contribution in [3.8, 4) is 0 Å². The van der Waals surface area contributed by atoms with E-state index in [1.807, 2.05) is 24.1 Å². The van der Waals surface area contributed by atoms with Crippen LogP contribution in [-0.4, -0.2) is 38.1 Å². The molecule has 0 radical (unpaired) electrons. The van der Waals surface area contributed by atoms with Crippen LogP contribution in [0.15, 0.2) is 24.3 Å². The molecule has 2 rings (SSSR count). The maximum Gasteiger partial charge on any atom is 0.146 e. The summed E-state index contributed by atoms with van der Waals surface area (Å²) in [5.41, 5.74) is 0.714. The molecule has 3 heteroatoms. The van der Waals surface area contributed by atoms with Crippen LogP contribution in [0.25, 0.3) is 0 Å². The van der Waals surface area contributed by atoms with Gasteiger partial charge in [-0.15, -0.1) is 0 Å². The molecule has 1 aliphatic rings. The molecule has 118 valence electrons. The lowest BCUT2D eigenvalue weighted by atomic mass is 10.1. The van der Waals surface area contributed by atoms with Gasteiger partial charge in [-0.1, -0.05) is 31.4 Å². The second kappa shape index (κ2) is 9.04. The first-order chi connectivity index (χ1) is 10.3. The van der Waals surface area contributed by atoms with Gasteiger partial charge in [-0.05, 0) is 57.5 Å². The van der Waals surface area contributed by atoms with Crippen LogP contribution in [-0.2, 0) is 0 Å². The van der Waals surface area contributed by atoms with E-state index in [4.69, 9.17) is 0 Å². The summed E-state index contributed by atoms with van der Waals surface area (Å²) in [6.07, 6.45) is 9.17. The molecule has 0 unspecified atom stereocenters. The number of benzene rings is 1. The predicted octanol–water partition coefficient (Wildman–Crippen LogP) is 4.31. The van der Waals surface area contributed by atoms with Crippen LogP contribution in [0.5, 0.6) is 0 Å². The molecule has 1 aromatic carbocycles. The number of hydrogen-bond acceptors (Lipinski definition) is 2. The SMILES string of the molecule is CN(CCCCCCN1CCCCC1)c1ccccc1F. The summed E-state index contributed by atoms with van der Waals surface area (Å²) in [5.74, 6) is -0.120. The van der Waals surface area contributed by atoms with Gasteiger partial charge in [-0.25, -0.2) is 4.39 Å². The highest BCUT2D eigenvalue weighted by Crippen LogP contribution is 2.17. The third-order valence-electron chi connectivity index (χ3n) is 4.43. The van der Waals surface area contributed by atoms with E-state index < -0.39 is 0 Å². The Morgan fingerprint density at radius 1 is 1.00 bits per heavy atom. The van der Waals surface area contributed by atoms with Crippen LogP contribution in [0.2, 0.25) is 0 Å². The van der Waals surface area contributed by atoms with Crippen LogP contribution in [0.4, 0.5) is 10.1 Å². The number of rotatable bonds is 8. The smallest absolute Gasteiger partial charge is 0.146 e. The second-order valence-corrected chi connectivity index (χ2v) is 6.19. The van der Waals surface area contributed by atoms with E-state index in [0.29, 0.717) is 5.69 Å². The number of likely N-dealkylation sites (tertiary alicyclic amines) is 1. The molecule has 1 aliphatic heterocycles. The van der Waals surface area contributed by atoms with Crippen LogP contribution in [0.3, 0.4) is 0 Å². The summed E-state index contributed by atoms with van der Waals surface area (Å²) < 4.78 is 13.6. The van der Waals surface area contributed by atoms with E-state index in [0.717, 1.165) is 13.0 Å². The van der Waals surface area contributed by atoms with Crippen molar-refractivity contribution < 1.29 is 4.39 Å². The Kier molecular flexibility index (Phi) is 7.01. The molecule has 0 atom stereocenters. The zero-order valence-electron chi connectivity index (χ0n) is 13.4. The van der Waals surface area contributed by atoms with Gasteiger partial charge >= 0.3 is 0 Å². The number of hydrogen-bond donors (Lipinski definition) is 0. The minimum absolute atomic E-state index is 0.120. The molecular weight excluding hydrogens is 263 g/mol. The Labute approximate surface area is 128 Å². The van der Waals surface area contributed by atoms with E-state index in [-0.39, 0.29) is 5.82 Å². The van der Waals surface area contributed by atoms with Crippen LogP contribution < -0.4 is 4.90 Å². The number of para-hydroxylation sites is 1. The maximum absolute atomic E-state index is 13.6. The second-order valence-electron chi connectivity index (χ2n) is 6.19. The van der Waals surface area contributed by atoms with Gasteiger partial charge in [0.1, 0.15) is 5.82 Å². The first-order valence-electron chi connectivity index (χ1n) is 8.45. The van der Waals surface area contributed by atoms with Crippen molar-refractivity contribution in [2.75, 3.05) is 38.1 Å². The number of anilines is 1. The van der Waals surface area contributed by atoms with Crippen LogP contribution >= 0.6 is 0 Å². The fraction of sp³-hybridized carbons (Fsp3) is 0.667. The summed E-state index contributed by atoms with van der Waals surface area (Å²) in [7, 11) is 1.98. The van der Waals surface area contributed by atoms with E-state index in [9.17, 15) is 4.39 Å². The van der Waals surface area contributed by atoms with Crippen molar-refractivity contribution in [2.45, 2.75) is 44.9 Å².